The van der Waals surface area contributed by atoms with Gasteiger partial charge in [-0.2, -0.15) is 0 Å². The summed E-state index contributed by atoms with van der Waals surface area (Å²) in [5, 5.41) is 14.2. The maximum absolute atomic E-state index is 10.7. The van der Waals surface area contributed by atoms with Gasteiger partial charge >= 0.3 is 0 Å². The standard InChI is InChI=1S/C14H20IN3O2/c1-17(2)14(7-3-4-8-14)10-16-13-6-5-11(18(19)20)9-12(13)15/h5-6,9,16H,3-4,7-8,10H2,1-2H3. The van der Waals surface area contributed by atoms with Gasteiger partial charge in [0.15, 0.2) is 0 Å². The van der Waals surface area contributed by atoms with E-state index in [4.69, 9.17) is 0 Å². The number of hydrogen-bond donors (Lipinski definition) is 1. The molecule has 0 bridgehead atoms. The molecule has 1 N–H and O–H groups in total. The van der Waals surface area contributed by atoms with Crippen LogP contribution in [0.25, 0.3) is 0 Å². The zero-order valence-electron chi connectivity index (χ0n) is 11.9. The molecule has 0 heterocycles. The lowest BCUT2D eigenvalue weighted by Crippen LogP contribution is -2.47. The topological polar surface area (TPSA) is 58.4 Å². The van der Waals surface area contributed by atoms with Crippen molar-refractivity contribution in [1.82, 2.24) is 4.90 Å². The molecular weight excluding hydrogens is 369 g/mol. The minimum atomic E-state index is -0.357. The number of nitro benzene ring substituents is 1. The second-order valence-electron chi connectivity index (χ2n) is 5.60. The zero-order chi connectivity index (χ0) is 14.8. The maximum Gasteiger partial charge on any atom is 0.270 e. The fourth-order valence-corrected chi connectivity index (χ4v) is 3.53. The van der Waals surface area contributed by atoms with E-state index in [0.717, 1.165) is 15.8 Å². The number of non-ortho nitro benzene ring substituents is 1. The molecule has 0 atom stereocenters. The fourth-order valence-electron chi connectivity index (χ4n) is 2.84. The summed E-state index contributed by atoms with van der Waals surface area (Å²) in [5.41, 5.74) is 1.33. The molecule has 0 aromatic heterocycles. The first-order valence-corrected chi connectivity index (χ1v) is 7.88. The Morgan fingerprint density at radius 2 is 2.05 bits per heavy atom. The fraction of sp³-hybridized carbons (Fsp3) is 0.571. The third-order valence-corrected chi connectivity index (χ3v) is 5.15. The molecule has 0 unspecified atom stereocenters. The Morgan fingerprint density at radius 1 is 1.40 bits per heavy atom. The summed E-state index contributed by atoms with van der Waals surface area (Å²) in [7, 11) is 4.27. The molecule has 1 aliphatic rings. The van der Waals surface area contributed by atoms with E-state index in [-0.39, 0.29) is 16.1 Å². The lowest BCUT2D eigenvalue weighted by molar-refractivity contribution is -0.384. The first-order chi connectivity index (χ1) is 9.44. The molecule has 1 aromatic carbocycles. The van der Waals surface area contributed by atoms with Gasteiger partial charge in [-0.1, -0.05) is 12.8 Å². The number of nitro groups is 1. The molecule has 0 radical (unpaired) electrons. The van der Waals surface area contributed by atoms with E-state index < -0.39 is 0 Å². The Balaban J connectivity index is 2.09. The van der Waals surface area contributed by atoms with Crippen molar-refractivity contribution in [3.05, 3.63) is 31.9 Å². The second-order valence-corrected chi connectivity index (χ2v) is 6.76. The monoisotopic (exact) mass is 389 g/mol. The van der Waals surface area contributed by atoms with Gasteiger partial charge in [0.05, 0.1) is 4.92 Å². The van der Waals surface area contributed by atoms with Gasteiger partial charge < -0.3 is 10.2 Å². The van der Waals surface area contributed by atoms with Crippen molar-refractivity contribution < 1.29 is 4.92 Å². The number of halogens is 1. The summed E-state index contributed by atoms with van der Waals surface area (Å²) in [5.74, 6) is 0. The average molecular weight is 389 g/mol. The van der Waals surface area contributed by atoms with Crippen molar-refractivity contribution in [3.63, 3.8) is 0 Å². The van der Waals surface area contributed by atoms with Crippen LogP contribution in [0.15, 0.2) is 18.2 Å². The molecule has 0 amide bonds. The average Bonchev–Trinajstić information content (AvgIpc) is 2.87. The van der Waals surface area contributed by atoms with Crippen molar-refractivity contribution in [1.29, 1.82) is 0 Å². The largest absolute Gasteiger partial charge is 0.382 e. The SMILES string of the molecule is CN(C)C1(CNc2ccc([N+](=O)[O-])cc2I)CCCC1. The van der Waals surface area contributed by atoms with Gasteiger partial charge in [-0.25, -0.2) is 0 Å². The van der Waals surface area contributed by atoms with Crippen molar-refractivity contribution >= 4 is 34.0 Å². The van der Waals surface area contributed by atoms with E-state index in [1.165, 1.54) is 25.7 Å². The van der Waals surface area contributed by atoms with Crippen LogP contribution in [0, 0.1) is 13.7 Å². The molecule has 0 aliphatic heterocycles. The molecule has 1 fully saturated rings. The van der Waals surface area contributed by atoms with E-state index in [1.54, 1.807) is 18.2 Å². The minimum absolute atomic E-state index is 0.142. The molecule has 1 saturated carbocycles. The summed E-state index contributed by atoms with van der Waals surface area (Å²) >= 11 is 2.15. The summed E-state index contributed by atoms with van der Waals surface area (Å²) < 4.78 is 0.892. The molecule has 1 aliphatic carbocycles. The first-order valence-electron chi connectivity index (χ1n) is 6.80. The number of benzene rings is 1. The van der Waals surface area contributed by atoms with Crippen molar-refractivity contribution in [3.8, 4) is 0 Å². The summed E-state index contributed by atoms with van der Waals surface area (Å²) in [6.07, 6.45) is 4.96. The van der Waals surface area contributed by atoms with Crippen LogP contribution in [-0.4, -0.2) is 36.0 Å². The smallest absolute Gasteiger partial charge is 0.270 e. The quantitative estimate of drug-likeness (QED) is 0.476. The molecule has 110 valence electrons. The third-order valence-electron chi connectivity index (χ3n) is 4.25. The highest BCUT2D eigenvalue weighted by molar-refractivity contribution is 14.1. The van der Waals surface area contributed by atoms with Gasteiger partial charge in [0, 0.05) is 33.5 Å². The number of nitrogens with one attached hydrogen (secondary N) is 1. The normalized spacial score (nSPS) is 17.4. The molecule has 0 spiro atoms. The lowest BCUT2D eigenvalue weighted by atomic mass is 9.96. The van der Waals surface area contributed by atoms with Crippen molar-refractivity contribution in [2.75, 3.05) is 26.0 Å². The second kappa shape index (κ2) is 6.26. The highest BCUT2D eigenvalue weighted by Crippen LogP contribution is 2.34. The molecule has 5 nitrogen and oxygen atoms in total. The minimum Gasteiger partial charge on any atom is -0.382 e. The third kappa shape index (κ3) is 3.22. The molecule has 6 heteroatoms. The van der Waals surface area contributed by atoms with Gasteiger partial charge in [-0.15, -0.1) is 0 Å². The van der Waals surface area contributed by atoms with E-state index in [0.29, 0.717) is 0 Å². The van der Waals surface area contributed by atoms with E-state index >= 15 is 0 Å². The van der Waals surface area contributed by atoms with Gasteiger partial charge in [-0.3, -0.25) is 10.1 Å². The molecular formula is C14H20IN3O2. The molecule has 20 heavy (non-hydrogen) atoms. The van der Waals surface area contributed by atoms with Crippen LogP contribution in [0.4, 0.5) is 11.4 Å². The van der Waals surface area contributed by atoms with Crippen LogP contribution in [-0.2, 0) is 0 Å². The summed E-state index contributed by atoms with van der Waals surface area (Å²) in [6, 6.07) is 4.97. The van der Waals surface area contributed by atoms with E-state index in [9.17, 15) is 10.1 Å². The van der Waals surface area contributed by atoms with Gasteiger partial charge in [0.1, 0.15) is 0 Å². The highest BCUT2D eigenvalue weighted by atomic mass is 127. The van der Waals surface area contributed by atoms with Gasteiger partial charge in [0.2, 0.25) is 0 Å². The van der Waals surface area contributed by atoms with Crippen LogP contribution in [0.5, 0.6) is 0 Å². The Bertz CT molecular complexity index is 499. The molecule has 2 rings (SSSR count). The summed E-state index contributed by atoms with van der Waals surface area (Å²) in [6.45, 7) is 0.883. The predicted octanol–water partition coefficient (Wildman–Crippen LogP) is 3.49. The number of likely N-dealkylation sites (N-methyl/N-ethyl adjacent to an activating group) is 1. The van der Waals surface area contributed by atoms with Crippen molar-refractivity contribution in [2.24, 2.45) is 0 Å². The number of rotatable bonds is 5. The van der Waals surface area contributed by atoms with Crippen LogP contribution in [0.3, 0.4) is 0 Å². The Labute approximate surface area is 133 Å². The van der Waals surface area contributed by atoms with Crippen LogP contribution >= 0.6 is 22.6 Å². The van der Waals surface area contributed by atoms with Crippen LogP contribution in [0.1, 0.15) is 25.7 Å². The van der Waals surface area contributed by atoms with E-state index in [1.807, 2.05) is 0 Å². The predicted molar refractivity (Wildman–Crippen MR) is 89.2 cm³/mol. The molecule has 1 aromatic rings. The Hall–Kier alpha value is -0.890. The zero-order valence-corrected chi connectivity index (χ0v) is 14.0. The number of nitrogens with zero attached hydrogens (tertiary/aromatic N) is 2. The lowest BCUT2D eigenvalue weighted by Gasteiger charge is -2.37. The Morgan fingerprint density at radius 3 is 2.55 bits per heavy atom. The number of hydrogen-bond acceptors (Lipinski definition) is 4. The summed E-state index contributed by atoms with van der Waals surface area (Å²) in [4.78, 5) is 12.7. The number of anilines is 1. The first kappa shape index (κ1) is 15.5. The van der Waals surface area contributed by atoms with Crippen LogP contribution < -0.4 is 5.32 Å². The molecule has 0 saturated heterocycles. The maximum atomic E-state index is 10.7. The van der Waals surface area contributed by atoms with Gasteiger partial charge in [0.25, 0.3) is 5.69 Å². The van der Waals surface area contributed by atoms with E-state index in [2.05, 4.69) is 46.9 Å². The van der Waals surface area contributed by atoms with Gasteiger partial charge in [-0.05, 0) is 55.6 Å². The van der Waals surface area contributed by atoms with Crippen LogP contribution in [0.2, 0.25) is 0 Å². The highest BCUT2D eigenvalue weighted by Gasteiger charge is 2.35. The van der Waals surface area contributed by atoms with Crippen molar-refractivity contribution in [2.45, 2.75) is 31.2 Å². The Kier molecular flexibility index (Phi) is 4.85.